The number of nitrogens with zero attached hydrogens (tertiary/aromatic N) is 3. The van der Waals surface area contributed by atoms with Crippen molar-refractivity contribution >= 4 is 11.8 Å². The average molecular weight is 486 g/mol. The number of amides is 2. The van der Waals surface area contributed by atoms with Gasteiger partial charge in [-0.15, -0.1) is 0 Å². The van der Waals surface area contributed by atoms with Gasteiger partial charge in [0.2, 0.25) is 0 Å². The van der Waals surface area contributed by atoms with Crippen LogP contribution in [0.3, 0.4) is 0 Å². The Balaban J connectivity index is 1.72. The number of nitrogens with one attached hydrogen (secondary N) is 2. The van der Waals surface area contributed by atoms with Crippen molar-refractivity contribution in [3.63, 3.8) is 0 Å². The molecular weight excluding hydrogens is 457 g/mol. The van der Waals surface area contributed by atoms with Crippen molar-refractivity contribution in [1.29, 1.82) is 0 Å². The molecule has 0 saturated carbocycles. The molecule has 0 aliphatic carbocycles. The zero-order chi connectivity index (χ0) is 25.7. The van der Waals surface area contributed by atoms with Crippen LogP contribution in [0.1, 0.15) is 50.6 Å². The fraction of sp³-hybridized carbons (Fsp3) is 0.179. The second-order valence-corrected chi connectivity index (χ2v) is 8.57. The van der Waals surface area contributed by atoms with Gasteiger partial charge in [-0.2, -0.15) is 5.10 Å². The summed E-state index contributed by atoms with van der Waals surface area (Å²) >= 11 is 0. The maximum absolute atomic E-state index is 13.4. The van der Waals surface area contributed by atoms with Crippen molar-refractivity contribution in [3.8, 4) is 0 Å². The molecule has 184 valence electrons. The highest BCUT2D eigenvalue weighted by molar-refractivity contribution is 5.96. The number of H-pyrrole nitrogens is 1. The van der Waals surface area contributed by atoms with Crippen LogP contribution in [-0.4, -0.2) is 38.0 Å². The van der Waals surface area contributed by atoms with E-state index in [-0.39, 0.29) is 29.9 Å². The number of fused-ring (bicyclic) bond motifs is 1. The van der Waals surface area contributed by atoms with E-state index in [2.05, 4.69) is 28.6 Å². The predicted octanol–water partition coefficient (Wildman–Crippen LogP) is 4.70. The van der Waals surface area contributed by atoms with Crippen molar-refractivity contribution in [2.24, 2.45) is 0 Å². The molecule has 7 nitrogen and oxygen atoms in total. The van der Waals surface area contributed by atoms with Gasteiger partial charge in [0.25, 0.3) is 11.8 Å². The Labute approximate surface area is 209 Å². The number of rotatable bonds is 8. The van der Waals surface area contributed by atoms with Gasteiger partial charge in [-0.25, -0.2) is 4.39 Å². The minimum Gasteiger partial charge on any atom is -0.357 e. The van der Waals surface area contributed by atoms with E-state index in [1.54, 1.807) is 70.4 Å². The third-order valence-corrected chi connectivity index (χ3v) is 5.95. The molecule has 8 heteroatoms. The highest BCUT2D eigenvalue weighted by Gasteiger charge is 2.34. The van der Waals surface area contributed by atoms with E-state index >= 15 is 0 Å². The van der Waals surface area contributed by atoms with Gasteiger partial charge in [0.15, 0.2) is 5.69 Å². The summed E-state index contributed by atoms with van der Waals surface area (Å²) < 4.78 is 15.2. The van der Waals surface area contributed by atoms with Crippen LogP contribution in [0.5, 0.6) is 0 Å². The van der Waals surface area contributed by atoms with Gasteiger partial charge in [-0.1, -0.05) is 50.4 Å². The van der Waals surface area contributed by atoms with Gasteiger partial charge >= 0.3 is 0 Å². The molecule has 36 heavy (non-hydrogen) atoms. The summed E-state index contributed by atoms with van der Waals surface area (Å²) in [5.74, 6) is -0.933. The van der Waals surface area contributed by atoms with Crippen LogP contribution in [0.2, 0.25) is 0 Å². The zero-order valence-electron chi connectivity index (χ0n) is 20.1. The standard InChI is InChI=1S/C28H28FN5O2/c1-4-6-9-22(8-5-2)31-27(35)25-23-18-33(28(36)24-10-7-15-30-24)16-19(3)26(23)34(32-25)17-20-11-13-21(29)14-12-20/h4-15,19,30H,1-2,16-18H2,3H3,(H,31,35)/b9-6-,22-8+/t19-/m1/s1. The Morgan fingerprint density at radius 3 is 2.67 bits per heavy atom. The monoisotopic (exact) mass is 485 g/mol. The van der Waals surface area contributed by atoms with Gasteiger partial charge in [0.05, 0.1) is 13.1 Å². The van der Waals surface area contributed by atoms with E-state index in [4.69, 9.17) is 0 Å². The number of halogens is 1. The molecule has 0 unspecified atom stereocenters. The average Bonchev–Trinajstić information content (AvgIpc) is 3.52. The van der Waals surface area contributed by atoms with Crippen LogP contribution in [0.4, 0.5) is 4.39 Å². The number of carbonyl (C=O) groups is 2. The third kappa shape index (κ3) is 5.27. The Kier molecular flexibility index (Phi) is 7.44. The van der Waals surface area contributed by atoms with Crippen LogP contribution in [0.25, 0.3) is 0 Å². The summed E-state index contributed by atoms with van der Waals surface area (Å²) in [6, 6.07) is 9.70. The van der Waals surface area contributed by atoms with E-state index in [0.29, 0.717) is 30.0 Å². The molecule has 0 saturated heterocycles. The van der Waals surface area contributed by atoms with Crippen molar-refractivity contribution in [3.05, 3.63) is 126 Å². The second-order valence-electron chi connectivity index (χ2n) is 8.57. The van der Waals surface area contributed by atoms with Gasteiger partial charge in [-0.05, 0) is 42.0 Å². The summed E-state index contributed by atoms with van der Waals surface area (Å²) in [6.45, 7) is 10.5. The maximum Gasteiger partial charge on any atom is 0.276 e. The van der Waals surface area contributed by atoms with Crippen molar-refractivity contribution in [2.75, 3.05) is 6.54 Å². The number of hydrogen-bond acceptors (Lipinski definition) is 3. The van der Waals surface area contributed by atoms with Crippen molar-refractivity contribution in [1.82, 2.24) is 25.0 Å². The Hall–Kier alpha value is -4.46. The molecule has 4 rings (SSSR count). The number of carbonyl (C=O) groups excluding carboxylic acids is 2. The lowest BCUT2D eigenvalue weighted by Gasteiger charge is -2.32. The van der Waals surface area contributed by atoms with E-state index < -0.39 is 5.91 Å². The van der Waals surface area contributed by atoms with Crippen LogP contribution < -0.4 is 5.32 Å². The van der Waals surface area contributed by atoms with Crippen molar-refractivity contribution in [2.45, 2.75) is 25.9 Å². The van der Waals surface area contributed by atoms with E-state index in [9.17, 15) is 14.0 Å². The Morgan fingerprint density at radius 1 is 1.22 bits per heavy atom. The van der Waals surface area contributed by atoms with E-state index in [1.807, 2.05) is 6.92 Å². The first-order valence-corrected chi connectivity index (χ1v) is 11.6. The maximum atomic E-state index is 13.4. The Morgan fingerprint density at radius 2 is 2.00 bits per heavy atom. The molecule has 0 spiro atoms. The highest BCUT2D eigenvalue weighted by Crippen LogP contribution is 2.32. The van der Waals surface area contributed by atoms with Crippen molar-refractivity contribution < 1.29 is 14.0 Å². The van der Waals surface area contributed by atoms with Crippen LogP contribution in [0, 0.1) is 5.82 Å². The Bertz CT molecular complexity index is 1330. The predicted molar refractivity (Wildman–Crippen MR) is 137 cm³/mol. The summed E-state index contributed by atoms with van der Waals surface area (Å²) in [5.41, 5.74) is 3.69. The summed E-state index contributed by atoms with van der Waals surface area (Å²) in [6.07, 6.45) is 9.97. The molecule has 0 radical (unpaired) electrons. The van der Waals surface area contributed by atoms with Gasteiger partial charge in [-0.3, -0.25) is 14.3 Å². The molecule has 0 fully saturated rings. The number of aromatic nitrogens is 3. The first-order valence-electron chi connectivity index (χ1n) is 11.6. The second kappa shape index (κ2) is 10.9. The van der Waals surface area contributed by atoms with Crippen LogP contribution in [-0.2, 0) is 13.1 Å². The topological polar surface area (TPSA) is 83.0 Å². The van der Waals surface area contributed by atoms with E-state index in [1.165, 1.54) is 12.1 Å². The molecule has 3 heterocycles. The zero-order valence-corrected chi connectivity index (χ0v) is 20.1. The lowest BCUT2D eigenvalue weighted by atomic mass is 9.95. The molecular formula is C28H28FN5O2. The van der Waals surface area contributed by atoms with Gasteiger partial charge in [0, 0.05) is 35.6 Å². The minimum absolute atomic E-state index is 0.0778. The molecule has 1 aliphatic rings. The van der Waals surface area contributed by atoms with Gasteiger partial charge in [0.1, 0.15) is 11.5 Å². The first-order chi connectivity index (χ1) is 17.4. The molecule has 2 N–H and O–H groups in total. The molecule has 1 aliphatic heterocycles. The largest absolute Gasteiger partial charge is 0.357 e. The smallest absolute Gasteiger partial charge is 0.276 e. The highest BCUT2D eigenvalue weighted by atomic mass is 19.1. The summed E-state index contributed by atoms with van der Waals surface area (Å²) in [5, 5.41) is 7.55. The molecule has 0 bridgehead atoms. The molecule has 1 atom stereocenters. The molecule has 1 aromatic carbocycles. The third-order valence-electron chi connectivity index (χ3n) is 5.95. The summed E-state index contributed by atoms with van der Waals surface area (Å²) in [4.78, 5) is 31.2. The fourth-order valence-electron chi connectivity index (χ4n) is 4.37. The van der Waals surface area contributed by atoms with E-state index in [0.717, 1.165) is 11.3 Å². The lowest BCUT2D eigenvalue weighted by Crippen LogP contribution is -2.39. The quantitative estimate of drug-likeness (QED) is 0.454. The number of benzene rings is 1. The number of allylic oxidation sites excluding steroid dienone is 5. The van der Waals surface area contributed by atoms with Crippen LogP contribution >= 0.6 is 0 Å². The number of hydrogen-bond donors (Lipinski definition) is 2. The number of aromatic amines is 1. The van der Waals surface area contributed by atoms with Gasteiger partial charge < -0.3 is 15.2 Å². The summed E-state index contributed by atoms with van der Waals surface area (Å²) in [7, 11) is 0. The molecule has 3 aromatic rings. The minimum atomic E-state index is -0.396. The van der Waals surface area contributed by atoms with Crippen LogP contribution in [0.15, 0.2) is 91.8 Å². The fourth-order valence-corrected chi connectivity index (χ4v) is 4.37. The SMILES string of the molecule is C=C/C=C\C(=C/C=C)NC(=O)c1nn(Cc2ccc(F)cc2)c2c1CN(C(=O)c1ccc[nH]1)C[C@H]2C. The molecule has 2 amide bonds. The molecule has 2 aromatic heterocycles. The normalized spacial score (nSPS) is 15.6. The lowest BCUT2D eigenvalue weighted by molar-refractivity contribution is 0.0711. The first kappa shape index (κ1) is 24.7.